The first kappa shape index (κ1) is 52.6. The summed E-state index contributed by atoms with van der Waals surface area (Å²) in [4.78, 5) is 22.8. The van der Waals surface area contributed by atoms with E-state index in [1.54, 1.807) is 72.4 Å². The number of nitrogens with zero attached hydrogens (tertiary/aromatic N) is 5. The Kier molecular flexibility index (Phi) is 16.5. The number of alkyl halides is 3. The number of piperazine rings is 1. The van der Waals surface area contributed by atoms with Crippen molar-refractivity contribution in [2.45, 2.75) is 52.3 Å². The molecule has 6 aromatic rings. The highest BCUT2D eigenvalue weighted by atomic mass is 35.5. The molecule has 13 nitrogen and oxygen atoms in total. The number of halogens is 4. The molecule has 8 rings (SSSR count). The Morgan fingerprint density at radius 3 is 2.11 bits per heavy atom. The van der Waals surface area contributed by atoms with Gasteiger partial charge < -0.3 is 34.6 Å². The van der Waals surface area contributed by atoms with E-state index in [0.717, 1.165) is 33.8 Å². The maximum absolute atomic E-state index is 15.2. The Hall–Kier alpha value is -5.70. The van der Waals surface area contributed by atoms with E-state index < -0.39 is 50.2 Å². The average molecular weight is 1060 g/mol. The van der Waals surface area contributed by atoms with Gasteiger partial charge in [0.1, 0.15) is 5.69 Å². The van der Waals surface area contributed by atoms with Gasteiger partial charge in [0.2, 0.25) is 0 Å². The Labute approximate surface area is 429 Å². The standard InChI is InChI=1S/C52H57ClF3N7O6S3/c1-59(2)25-22-39(34-70-43-10-5-4-6-11-43)57-45-21-20-44(33-46(45)71(66)67)72(68,69)58-38-16-18-40(19-17-38)61-28-30-62(31-29-61)41-9-7-8-36(32-41)47-48(51(65)63-26-23-42(64)24-27-63)50(52(54,55)56)60(3)49(47)35-12-14-37(53)15-13-35/h4-21,32-33,39,42,57-58,64,71H,22-31,34H2,1-3H3/t39-/m1/s1. The molecule has 382 valence electrons. The number of carbonyl (C=O) groups excluding carboxylic acids is 1. The van der Waals surface area contributed by atoms with Crippen LogP contribution in [0.2, 0.25) is 5.02 Å². The maximum Gasteiger partial charge on any atom is 0.432 e. The number of rotatable bonds is 17. The number of aliphatic hydroxyl groups excluding tert-OH is 1. The van der Waals surface area contributed by atoms with Crippen molar-refractivity contribution >= 4 is 72.7 Å². The second-order valence-corrected chi connectivity index (χ2v) is 22.4. The molecule has 72 heavy (non-hydrogen) atoms. The van der Waals surface area contributed by atoms with Crippen molar-refractivity contribution in [3.05, 3.63) is 138 Å². The minimum Gasteiger partial charge on any atom is -0.393 e. The van der Waals surface area contributed by atoms with Crippen molar-refractivity contribution in [1.82, 2.24) is 14.4 Å². The number of aliphatic hydroxyl groups is 1. The van der Waals surface area contributed by atoms with Gasteiger partial charge in [-0.1, -0.05) is 54.1 Å². The van der Waals surface area contributed by atoms with Crippen LogP contribution in [0.25, 0.3) is 22.4 Å². The molecule has 20 heteroatoms. The minimum absolute atomic E-state index is 0.110. The number of thioether (sulfide) groups is 1. The van der Waals surface area contributed by atoms with Crippen molar-refractivity contribution in [1.29, 1.82) is 0 Å². The number of aromatic nitrogens is 1. The fourth-order valence-electron chi connectivity index (χ4n) is 9.21. The van der Waals surface area contributed by atoms with Gasteiger partial charge in [-0.2, -0.15) is 13.2 Å². The molecule has 5 aromatic carbocycles. The predicted molar refractivity (Wildman–Crippen MR) is 282 cm³/mol. The average Bonchev–Trinajstić information content (AvgIpc) is 3.68. The molecule has 1 amide bonds. The van der Waals surface area contributed by atoms with Crippen molar-refractivity contribution < 1.29 is 39.9 Å². The lowest BCUT2D eigenvalue weighted by molar-refractivity contribution is -0.143. The van der Waals surface area contributed by atoms with Gasteiger partial charge in [-0.05, 0) is 130 Å². The summed E-state index contributed by atoms with van der Waals surface area (Å²) >= 11 is 7.86. The van der Waals surface area contributed by atoms with Crippen LogP contribution in [0.4, 0.5) is 35.9 Å². The number of nitrogens with one attached hydrogen (secondary N) is 2. The van der Waals surface area contributed by atoms with Crippen molar-refractivity contribution in [3.63, 3.8) is 0 Å². The minimum atomic E-state index is -4.88. The molecule has 2 fully saturated rings. The molecule has 0 radical (unpaired) electrons. The van der Waals surface area contributed by atoms with Gasteiger partial charge in [-0.3, -0.25) is 9.52 Å². The number of hydrogen-bond donors (Lipinski definition) is 4. The predicted octanol–water partition coefficient (Wildman–Crippen LogP) is 9.25. The first-order chi connectivity index (χ1) is 34.4. The summed E-state index contributed by atoms with van der Waals surface area (Å²) in [6.45, 7) is 3.23. The highest BCUT2D eigenvalue weighted by Crippen LogP contribution is 2.46. The van der Waals surface area contributed by atoms with E-state index in [4.69, 9.17) is 11.6 Å². The van der Waals surface area contributed by atoms with Crippen LogP contribution < -0.4 is 19.8 Å². The van der Waals surface area contributed by atoms with Crippen LogP contribution in [0.5, 0.6) is 0 Å². The second kappa shape index (κ2) is 22.6. The molecular formula is C52H57ClF3N7O6S3. The molecular weight excluding hydrogens is 1010 g/mol. The van der Waals surface area contributed by atoms with Gasteiger partial charge in [0, 0.05) is 90.7 Å². The third-order valence-corrected chi connectivity index (χ3v) is 16.5. The van der Waals surface area contributed by atoms with Crippen LogP contribution in [-0.2, 0) is 34.0 Å². The third-order valence-electron chi connectivity index (χ3n) is 13.0. The van der Waals surface area contributed by atoms with E-state index in [0.29, 0.717) is 53.8 Å². The summed E-state index contributed by atoms with van der Waals surface area (Å²) in [5, 5.41) is 13.9. The number of piperidine rings is 1. The fraction of sp³-hybridized carbons (Fsp3) is 0.327. The lowest BCUT2D eigenvalue weighted by Gasteiger charge is -2.37. The number of likely N-dealkylation sites (tertiary alicyclic amines) is 1. The number of sulfonamides is 1. The Bertz CT molecular complexity index is 3040. The number of amides is 1. The zero-order valence-corrected chi connectivity index (χ0v) is 43.3. The number of hydrogen-bond acceptors (Lipinski definition) is 11. The van der Waals surface area contributed by atoms with Gasteiger partial charge in [0.15, 0.2) is 10.7 Å². The number of anilines is 4. The van der Waals surface area contributed by atoms with Crippen LogP contribution in [0, 0.1) is 0 Å². The monoisotopic (exact) mass is 1060 g/mol. The quantitative estimate of drug-likeness (QED) is 0.0512. The van der Waals surface area contributed by atoms with E-state index in [9.17, 15) is 26.7 Å². The number of benzene rings is 5. The molecule has 3 heterocycles. The first-order valence-corrected chi connectivity index (χ1v) is 27.5. The summed E-state index contributed by atoms with van der Waals surface area (Å²) in [5.74, 6) is -0.0908. The van der Waals surface area contributed by atoms with Crippen molar-refractivity contribution in [2.75, 3.05) is 85.5 Å². The van der Waals surface area contributed by atoms with Gasteiger partial charge in [-0.15, -0.1) is 11.8 Å². The molecule has 2 saturated heterocycles. The van der Waals surface area contributed by atoms with E-state index in [2.05, 4.69) is 24.7 Å². The van der Waals surface area contributed by atoms with Crippen LogP contribution >= 0.6 is 23.4 Å². The van der Waals surface area contributed by atoms with E-state index in [1.807, 2.05) is 56.6 Å². The van der Waals surface area contributed by atoms with Crippen molar-refractivity contribution in [3.8, 4) is 22.4 Å². The Balaban J connectivity index is 0.970. The molecule has 0 aliphatic carbocycles. The first-order valence-electron chi connectivity index (χ1n) is 23.5. The number of thiol groups is 1. The van der Waals surface area contributed by atoms with Crippen LogP contribution in [0.15, 0.2) is 136 Å². The lowest BCUT2D eigenvalue weighted by atomic mass is 9.94. The molecule has 0 bridgehead atoms. The second-order valence-electron chi connectivity index (χ2n) is 18.2. The normalized spacial score (nSPS) is 15.3. The smallest absolute Gasteiger partial charge is 0.393 e. The molecule has 1 atom stereocenters. The van der Waals surface area contributed by atoms with Gasteiger partial charge in [0.05, 0.1) is 32.8 Å². The summed E-state index contributed by atoms with van der Waals surface area (Å²) in [5.41, 5.74) is 1.98. The zero-order valence-electron chi connectivity index (χ0n) is 40.0. The summed E-state index contributed by atoms with van der Waals surface area (Å²) in [6, 6.07) is 34.4. The van der Waals surface area contributed by atoms with Crippen LogP contribution in [0.3, 0.4) is 0 Å². The topological polar surface area (TPSA) is 148 Å². The zero-order chi connectivity index (χ0) is 51.3. The largest absolute Gasteiger partial charge is 0.432 e. The Morgan fingerprint density at radius 1 is 0.833 bits per heavy atom. The number of carbonyl (C=O) groups is 1. The molecule has 1 aromatic heterocycles. The molecule has 0 spiro atoms. The van der Waals surface area contributed by atoms with Gasteiger partial charge in [-0.25, -0.2) is 16.8 Å². The van der Waals surface area contributed by atoms with Crippen LogP contribution in [0.1, 0.15) is 35.3 Å². The summed E-state index contributed by atoms with van der Waals surface area (Å²) in [7, 11) is -2.09. The van der Waals surface area contributed by atoms with E-state index in [1.165, 1.54) is 30.1 Å². The van der Waals surface area contributed by atoms with E-state index in [-0.39, 0.29) is 58.7 Å². The highest BCUT2D eigenvalue weighted by molar-refractivity contribution is 7.99. The molecule has 2 aliphatic heterocycles. The molecule has 2 aliphatic rings. The van der Waals surface area contributed by atoms with Crippen LogP contribution in [-0.4, -0.2) is 120 Å². The Morgan fingerprint density at radius 2 is 1.49 bits per heavy atom. The molecule has 0 unspecified atom stereocenters. The van der Waals surface area contributed by atoms with Gasteiger partial charge in [0.25, 0.3) is 15.9 Å². The lowest BCUT2D eigenvalue weighted by Crippen LogP contribution is -2.46. The third kappa shape index (κ3) is 12.4. The highest BCUT2D eigenvalue weighted by Gasteiger charge is 2.44. The molecule has 3 N–H and O–H groups in total. The SMILES string of the molecule is CN(C)CC[C@H](CSc1ccccc1)Nc1ccc(S(=O)(=O)Nc2ccc(N3CCN(c4cccc(-c5c(C(=O)N6CCC(O)CC6)c(C(F)(F)F)n(C)c5-c5ccc(Cl)cc5)c4)CC3)cc2)cc1[SH](=O)=O. The fourth-order valence-corrected chi connectivity index (χ4v) is 12.1. The van der Waals surface area contributed by atoms with Crippen molar-refractivity contribution in [2.24, 2.45) is 7.05 Å². The maximum atomic E-state index is 15.2. The summed E-state index contributed by atoms with van der Waals surface area (Å²) < 4.78 is 102. The summed E-state index contributed by atoms with van der Waals surface area (Å²) in [6.07, 6.45) is -4.25. The van der Waals surface area contributed by atoms with E-state index >= 15 is 13.2 Å². The molecule has 0 saturated carbocycles. The van der Waals surface area contributed by atoms with Gasteiger partial charge >= 0.3 is 6.18 Å².